The molecule has 1 aliphatic carbocycles. The van der Waals surface area contributed by atoms with Gasteiger partial charge in [-0.1, -0.05) is 31.5 Å². The number of thiophene rings is 1. The van der Waals surface area contributed by atoms with Gasteiger partial charge in [-0.3, -0.25) is 4.79 Å². The molecule has 0 fully saturated rings. The number of furan rings is 1. The van der Waals surface area contributed by atoms with E-state index < -0.39 is 0 Å². The molecule has 4 rings (SSSR count). The van der Waals surface area contributed by atoms with Gasteiger partial charge in [0.2, 0.25) is 0 Å². The average molecular weight is 397 g/mol. The largest absolute Gasteiger partial charge is 0.462 e. The molecular weight excluding hydrogens is 374 g/mol. The summed E-state index contributed by atoms with van der Waals surface area (Å²) in [5.74, 6) is 0.135. The maximum absolute atomic E-state index is 12.8. The van der Waals surface area contributed by atoms with Crippen molar-refractivity contribution >= 4 is 39.2 Å². The number of fused-ring (bicyclic) bond motifs is 2. The number of anilines is 1. The minimum atomic E-state index is -0.366. The molecule has 3 aromatic rings. The number of rotatable bonds is 5. The lowest BCUT2D eigenvalue weighted by Crippen LogP contribution is -2.17. The summed E-state index contributed by atoms with van der Waals surface area (Å²) in [7, 11) is 0. The third kappa shape index (κ3) is 3.44. The van der Waals surface area contributed by atoms with Crippen LogP contribution in [0.3, 0.4) is 0 Å². The molecule has 0 radical (unpaired) electrons. The molecule has 1 amide bonds. The van der Waals surface area contributed by atoms with Crippen LogP contribution >= 0.6 is 11.3 Å². The highest BCUT2D eigenvalue weighted by Gasteiger charge is 2.30. The quantitative estimate of drug-likeness (QED) is 0.582. The zero-order valence-electron chi connectivity index (χ0n) is 16.0. The third-order valence-corrected chi connectivity index (χ3v) is 6.47. The van der Waals surface area contributed by atoms with Gasteiger partial charge >= 0.3 is 5.97 Å². The van der Waals surface area contributed by atoms with Gasteiger partial charge < -0.3 is 14.5 Å². The lowest BCUT2D eigenvalue weighted by molar-refractivity contribution is 0.0526. The molecular formula is C22H23NO4S. The fraction of sp³-hybridized carbons (Fsp3) is 0.364. The molecule has 0 unspecified atom stereocenters. The Morgan fingerprint density at radius 1 is 1.29 bits per heavy atom. The summed E-state index contributed by atoms with van der Waals surface area (Å²) in [6.45, 7) is 4.29. The Morgan fingerprint density at radius 2 is 2.11 bits per heavy atom. The van der Waals surface area contributed by atoms with Crippen LogP contribution in [0.2, 0.25) is 0 Å². The molecule has 0 saturated heterocycles. The first-order valence-electron chi connectivity index (χ1n) is 9.72. The van der Waals surface area contributed by atoms with E-state index in [9.17, 15) is 9.59 Å². The van der Waals surface area contributed by atoms with Crippen molar-refractivity contribution in [2.45, 2.75) is 39.5 Å². The normalized spacial score (nSPS) is 16.0. The first-order valence-corrected chi connectivity index (χ1v) is 10.5. The van der Waals surface area contributed by atoms with E-state index in [1.165, 1.54) is 16.2 Å². The van der Waals surface area contributed by atoms with Crippen molar-refractivity contribution in [3.8, 4) is 0 Å². The molecule has 5 nitrogen and oxygen atoms in total. The molecule has 146 valence electrons. The highest BCUT2D eigenvalue weighted by atomic mass is 32.1. The van der Waals surface area contributed by atoms with Crippen LogP contribution in [0.4, 0.5) is 5.00 Å². The molecule has 1 N–H and O–H groups in total. The van der Waals surface area contributed by atoms with E-state index in [0.29, 0.717) is 28.7 Å². The molecule has 0 spiro atoms. The minimum absolute atomic E-state index is 0.230. The number of nitrogens with one attached hydrogen (secondary N) is 1. The number of benzene rings is 1. The van der Waals surface area contributed by atoms with Crippen molar-refractivity contribution in [2.75, 3.05) is 11.9 Å². The number of hydrogen-bond donors (Lipinski definition) is 1. The minimum Gasteiger partial charge on any atom is -0.462 e. The summed E-state index contributed by atoms with van der Waals surface area (Å²) in [6, 6.07) is 9.20. The molecule has 0 bridgehead atoms. The van der Waals surface area contributed by atoms with E-state index in [4.69, 9.17) is 9.15 Å². The van der Waals surface area contributed by atoms with Crippen LogP contribution in [-0.4, -0.2) is 18.5 Å². The molecule has 1 aromatic carbocycles. The van der Waals surface area contributed by atoms with Crippen LogP contribution in [0.1, 0.15) is 58.0 Å². The molecule has 2 heterocycles. The lowest BCUT2D eigenvalue weighted by Gasteiger charge is -2.20. The predicted octanol–water partition coefficient (Wildman–Crippen LogP) is 5.44. The van der Waals surface area contributed by atoms with Gasteiger partial charge in [-0.25, -0.2) is 4.79 Å². The Hall–Kier alpha value is -2.60. The second kappa shape index (κ2) is 7.80. The SMILES string of the molecule is CCOC(=O)c1c(NC(=O)c2cc3ccccc3o2)sc2c1CC[C@H](CC)C2. The zero-order chi connectivity index (χ0) is 19.7. The van der Waals surface area contributed by atoms with Crippen molar-refractivity contribution < 1.29 is 18.7 Å². The number of hydrogen-bond acceptors (Lipinski definition) is 5. The first kappa shape index (κ1) is 18.7. The maximum Gasteiger partial charge on any atom is 0.341 e. The Balaban J connectivity index is 1.67. The van der Waals surface area contributed by atoms with Crippen molar-refractivity contribution in [2.24, 2.45) is 5.92 Å². The van der Waals surface area contributed by atoms with Crippen LogP contribution in [0.15, 0.2) is 34.7 Å². The number of para-hydroxylation sites is 1. The van der Waals surface area contributed by atoms with Crippen LogP contribution < -0.4 is 5.32 Å². The van der Waals surface area contributed by atoms with Crippen molar-refractivity contribution in [1.82, 2.24) is 0 Å². The van der Waals surface area contributed by atoms with Crippen LogP contribution in [0.25, 0.3) is 11.0 Å². The number of amides is 1. The smallest absolute Gasteiger partial charge is 0.341 e. The maximum atomic E-state index is 12.8. The zero-order valence-corrected chi connectivity index (χ0v) is 16.9. The Kier molecular flexibility index (Phi) is 5.22. The highest BCUT2D eigenvalue weighted by Crippen LogP contribution is 2.41. The van der Waals surface area contributed by atoms with E-state index in [0.717, 1.165) is 36.6 Å². The molecule has 0 aliphatic heterocycles. The van der Waals surface area contributed by atoms with E-state index >= 15 is 0 Å². The average Bonchev–Trinajstić information content (AvgIpc) is 3.28. The molecule has 1 aliphatic rings. The van der Waals surface area contributed by atoms with Gasteiger partial charge in [-0.2, -0.15) is 0 Å². The Bertz CT molecular complexity index is 1000. The molecule has 0 saturated carbocycles. The van der Waals surface area contributed by atoms with Crippen LogP contribution in [0.5, 0.6) is 0 Å². The summed E-state index contributed by atoms with van der Waals surface area (Å²) in [5, 5.41) is 4.33. The summed E-state index contributed by atoms with van der Waals surface area (Å²) >= 11 is 1.49. The Labute approximate surface area is 167 Å². The van der Waals surface area contributed by atoms with Gasteiger partial charge in [-0.15, -0.1) is 11.3 Å². The van der Waals surface area contributed by atoms with E-state index in [1.54, 1.807) is 13.0 Å². The second-order valence-corrected chi connectivity index (χ2v) is 8.15. The highest BCUT2D eigenvalue weighted by molar-refractivity contribution is 7.17. The fourth-order valence-electron chi connectivity index (χ4n) is 3.77. The monoisotopic (exact) mass is 397 g/mol. The summed E-state index contributed by atoms with van der Waals surface area (Å²) in [6.07, 6.45) is 3.97. The standard InChI is InChI=1S/C22H23NO4S/c1-3-13-9-10-15-18(11-13)28-21(19(15)22(25)26-4-2)23-20(24)17-12-14-7-5-6-8-16(14)27-17/h5-8,12-13H,3-4,9-11H2,1-2H3,(H,23,24)/t13-/m0/s1. The summed E-state index contributed by atoms with van der Waals surface area (Å²) < 4.78 is 10.9. The lowest BCUT2D eigenvalue weighted by atomic mass is 9.85. The molecule has 2 aromatic heterocycles. The van der Waals surface area contributed by atoms with Crippen LogP contribution in [-0.2, 0) is 17.6 Å². The van der Waals surface area contributed by atoms with E-state index in [2.05, 4.69) is 12.2 Å². The van der Waals surface area contributed by atoms with E-state index in [-0.39, 0.29) is 17.6 Å². The van der Waals surface area contributed by atoms with E-state index in [1.807, 2.05) is 24.3 Å². The van der Waals surface area contributed by atoms with Crippen molar-refractivity contribution in [3.63, 3.8) is 0 Å². The fourth-order valence-corrected chi connectivity index (χ4v) is 5.11. The van der Waals surface area contributed by atoms with Gasteiger partial charge in [-0.05, 0) is 49.8 Å². The van der Waals surface area contributed by atoms with Crippen molar-refractivity contribution in [1.29, 1.82) is 0 Å². The number of ether oxygens (including phenoxy) is 1. The summed E-state index contributed by atoms with van der Waals surface area (Å²) in [4.78, 5) is 26.6. The molecule has 28 heavy (non-hydrogen) atoms. The Morgan fingerprint density at radius 3 is 2.86 bits per heavy atom. The summed E-state index contributed by atoms with van der Waals surface area (Å²) in [5.41, 5.74) is 2.21. The predicted molar refractivity (Wildman–Crippen MR) is 110 cm³/mol. The molecule has 6 heteroatoms. The van der Waals surface area contributed by atoms with Gasteiger partial charge in [0.05, 0.1) is 12.2 Å². The molecule has 1 atom stereocenters. The topological polar surface area (TPSA) is 68.5 Å². The van der Waals surface area contributed by atoms with Crippen LogP contribution in [0, 0.1) is 5.92 Å². The van der Waals surface area contributed by atoms with Gasteiger partial charge in [0.1, 0.15) is 10.6 Å². The van der Waals surface area contributed by atoms with Gasteiger partial charge in [0.15, 0.2) is 5.76 Å². The first-order chi connectivity index (χ1) is 13.6. The second-order valence-electron chi connectivity index (χ2n) is 7.05. The van der Waals surface area contributed by atoms with Crippen molar-refractivity contribution in [3.05, 3.63) is 52.1 Å². The third-order valence-electron chi connectivity index (χ3n) is 5.30. The van der Waals surface area contributed by atoms with Gasteiger partial charge in [0, 0.05) is 10.3 Å². The number of carbonyl (C=O) groups is 2. The number of carbonyl (C=O) groups excluding carboxylic acids is 2. The van der Waals surface area contributed by atoms with Gasteiger partial charge in [0.25, 0.3) is 5.91 Å². The number of esters is 1.